The van der Waals surface area contributed by atoms with E-state index in [1.165, 1.54) is 5.56 Å². The molecule has 0 atom stereocenters. The number of rotatable bonds is 3. The summed E-state index contributed by atoms with van der Waals surface area (Å²) < 4.78 is 19.2. The van der Waals surface area contributed by atoms with E-state index in [0.29, 0.717) is 0 Å². The van der Waals surface area contributed by atoms with Gasteiger partial charge in [0.05, 0.1) is 0 Å². The molecule has 1 aromatic rings. The first kappa shape index (κ1) is 19.5. The Morgan fingerprint density at radius 1 is 1.27 bits per heavy atom. The number of ether oxygens (including phenoxy) is 1. The number of nitrogens with one attached hydrogen (secondary N) is 1. The van der Waals surface area contributed by atoms with Gasteiger partial charge in [0.25, 0.3) is 0 Å². The maximum Gasteiger partial charge on any atom is 0.193 e. The molecule has 0 aliphatic carbocycles. The predicted molar refractivity (Wildman–Crippen MR) is 108 cm³/mol. The Kier molecular flexibility index (Phi) is 6.13. The van der Waals surface area contributed by atoms with Crippen molar-refractivity contribution < 1.29 is 9.13 Å². The molecule has 2 aliphatic rings. The van der Waals surface area contributed by atoms with Crippen molar-refractivity contribution >= 4 is 17.7 Å². The van der Waals surface area contributed by atoms with Crippen molar-refractivity contribution in [1.82, 2.24) is 10.2 Å². The summed E-state index contributed by atoms with van der Waals surface area (Å²) in [7, 11) is 1.85. The minimum Gasteiger partial charge on any atom is -0.381 e. The topological polar surface area (TPSA) is 36.9 Å². The molecule has 3 rings (SSSR count). The summed E-state index contributed by atoms with van der Waals surface area (Å²) in [5, 5.41) is 3.62. The summed E-state index contributed by atoms with van der Waals surface area (Å²) in [4.78, 5) is 6.89. The van der Waals surface area contributed by atoms with E-state index in [9.17, 15) is 4.39 Å². The van der Waals surface area contributed by atoms with Gasteiger partial charge in [0.2, 0.25) is 0 Å². The van der Waals surface area contributed by atoms with Crippen molar-refractivity contribution in [3.8, 4) is 0 Å². The second-order valence-corrected chi connectivity index (χ2v) is 9.63. The molecule has 2 aliphatic heterocycles. The number of aliphatic imine (C=N–C) groups is 1. The van der Waals surface area contributed by atoms with Crippen LogP contribution < -0.4 is 5.32 Å². The summed E-state index contributed by atoms with van der Waals surface area (Å²) in [6.45, 7) is 8.85. The van der Waals surface area contributed by atoms with Crippen LogP contribution >= 0.6 is 11.8 Å². The molecule has 2 saturated heterocycles. The Labute approximate surface area is 160 Å². The van der Waals surface area contributed by atoms with Gasteiger partial charge in [0.1, 0.15) is 5.82 Å². The van der Waals surface area contributed by atoms with Crippen LogP contribution in [0.1, 0.15) is 32.3 Å². The van der Waals surface area contributed by atoms with Gasteiger partial charge in [-0.1, -0.05) is 12.1 Å². The van der Waals surface area contributed by atoms with E-state index in [2.05, 4.69) is 29.1 Å². The van der Waals surface area contributed by atoms with Gasteiger partial charge in [0, 0.05) is 55.8 Å². The molecule has 1 aromatic carbocycles. The van der Waals surface area contributed by atoms with Crippen LogP contribution in [0.2, 0.25) is 0 Å². The first-order valence-corrected chi connectivity index (χ1v) is 10.4. The van der Waals surface area contributed by atoms with E-state index in [1.807, 2.05) is 30.9 Å². The molecule has 0 spiro atoms. The number of hydrogen-bond acceptors (Lipinski definition) is 3. The van der Waals surface area contributed by atoms with Crippen LogP contribution in [0.3, 0.4) is 0 Å². The first-order chi connectivity index (χ1) is 12.4. The molecule has 0 radical (unpaired) electrons. The molecule has 6 heteroatoms. The van der Waals surface area contributed by atoms with Crippen molar-refractivity contribution in [3.63, 3.8) is 0 Å². The molecule has 144 valence electrons. The molecule has 0 unspecified atom stereocenters. The highest BCUT2D eigenvalue weighted by molar-refractivity contribution is 8.00. The molecule has 0 aromatic heterocycles. The number of halogens is 1. The normalized spacial score (nSPS) is 22.9. The quantitative estimate of drug-likeness (QED) is 0.646. The average Bonchev–Trinajstić information content (AvgIpc) is 2.63. The Bertz CT molecular complexity index is 626. The maximum absolute atomic E-state index is 13.4. The highest BCUT2D eigenvalue weighted by Gasteiger charge is 2.36. The largest absolute Gasteiger partial charge is 0.381 e. The fourth-order valence-electron chi connectivity index (χ4n) is 3.91. The van der Waals surface area contributed by atoms with E-state index in [4.69, 9.17) is 4.74 Å². The minimum atomic E-state index is -0.187. The van der Waals surface area contributed by atoms with Crippen molar-refractivity contribution in [3.05, 3.63) is 35.6 Å². The lowest BCUT2D eigenvalue weighted by Crippen LogP contribution is -2.54. The summed E-state index contributed by atoms with van der Waals surface area (Å²) >= 11 is 2.02. The molecule has 2 heterocycles. The molecule has 2 fully saturated rings. The van der Waals surface area contributed by atoms with Gasteiger partial charge in [0.15, 0.2) is 5.96 Å². The fraction of sp³-hybridized carbons (Fsp3) is 0.650. The zero-order valence-electron chi connectivity index (χ0n) is 16.1. The highest BCUT2D eigenvalue weighted by atomic mass is 32.2. The number of benzene rings is 1. The van der Waals surface area contributed by atoms with E-state index >= 15 is 0 Å². The van der Waals surface area contributed by atoms with Crippen LogP contribution in [0.4, 0.5) is 4.39 Å². The molecule has 0 amide bonds. The fourth-order valence-corrected chi connectivity index (χ4v) is 5.02. The van der Waals surface area contributed by atoms with E-state index in [0.717, 1.165) is 57.4 Å². The number of nitrogens with zero attached hydrogens (tertiary/aromatic N) is 2. The molecule has 0 saturated carbocycles. The van der Waals surface area contributed by atoms with Gasteiger partial charge < -0.3 is 15.0 Å². The third-order valence-corrected chi connectivity index (χ3v) is 6.73. The maximum atomic E-state index is 13.4. The van der Waals surface area contributed by atoms with Crippen LogP contribution in [-0.4, -0.2) is 61.3 Å². The van der Waals surface area contributed by atoms with Crippen LogP contribution in [0.5, 0.6) is 0 Å². The van der Waals surface area contributed by atoms with Crippen molar-refractivity contribution in [1.29, 1.82) is 0 Å². The van der Waals surface area contributed by atoms with E-state index in [-0.39, 0.29) is 16.0 Å². The van der Waals surface area contributed by atoms with Crippen molar-refractivity contribution in [2.24, 2.45) is 4.99 Å². The molecule has 1 N–H and O–H groups in total. The van der Waals surface area contributed by atoms with Crippen molar-refractivity contribution in [2.75, 3.05) is 45.6 Å². The van der Waals surface area contributed by atoms with Gasteiger partial charge in [-0.2, -0.15) is 11.8 Å². The zero-order valence-corrected chi connectivity index (χ0v) is 16.9. The third kappa shape index (κ3) is 4.52. The SMILES string of the molecule is CN=C(NCC1(c2ccc(F)cc2)CCOCC1)N1CCSC(C)(C)C1. The summed E-state index contributed by atoms with van der Waals surface area (Å²) in [5.41, 5.74) is 1.14. The van der Waals surface area contributed by atoms with Crippen LogP contribution in [0.25, 0.3) is 0 Å². The molecular formula is C20H30FN3OS. The van der Waals surface area contributed by atoms with E-state index < -0.39 is 0 Å². The van der Waals surface area contributed by atoms with Crippen molar-refractivity contribution in [2.45, 2.75) is 36.9 Å². The second kappa shape index (κ2) is 8.17. The zero-order chi connectivity index (χ0) is 18.6. The van der Waals surface area contributed by atoms with Gasteiger partial charge in [-0.15, -0.1) is 0 Å². The van der Waals surface area contributed by atoms with Crippen LogP contribution in [0.15, 0.2) is 29.3 Å². The first-order valence-electron chi connectivity index (χ1n) is 9.38. The van der Waals surface area contributed by atoms with Gasteiger partial charge in [-0.25, -0.2) is 4.39 Å². The van der Waals surface area contributed by atoms with E-state index in [1.54, 1.807) is 12.1 Å². The predicted octanol–water partition coefficient (Wildman–Crippen LogP) is 3.28. The Balaban J connectivity index is 1.73. The summed E-state index contributed by atoms with van der Waals surface area (Å²) in [6.07, 6.45) is 1.87. The molecule has 26 heavy (non-hydrogen) atoms. The molecule has 0 bridgehead atoms. The van der Waals surface area contributed by atoms with Gasteiger partial charge in [-0.3, -0.25) is 4.99 Å². The molecule has 4 nitrogen and oxygen atoms in total. The lowest BCUT2D eigenvalue weighted by molar-refractivity contribution is 0.0511. The van der Waals surface area contributed by atoms with Crippen LogP contribution in [-0.2, 0) is 10.2 Å². The average molecular weight is 380 g/mol. The smallest absolute Gasteiger partial charge is 0.193 e. The summed E-state index contributed by atoms with van der Waals surface area (Å²) in [5.74, 6) is 1.89. The second-order valence-electron chi connectivity index (χ2n) is 7.83. The Morgan fingerprint density at radius 3 is 2.58 bits per heavy atom. The number of hydrogen-bond donors (Lipinski definition) is 1. The van der Waals surface area contributed by atoms with Crippen LogP contribution in [0, 0.1) is 5.82 Å². The Hall–Kier alpha value is -1.27. The third-order valence-electron chi connectivity index (χ3n) is 5.43. The van der Waals surface area contributed by atoms with Gasteiger partial charge in [-0.05, 0) is 44.4 Å². The number of guanidine groups is 1. The highest BCUT2D eigenvalue weighted by Crippen LogP contribution is 2.35. The summed E-state index contributed by atoms with van der Waals surface area (Å²) in [6, 6.07) is 6.97. The number of thioether (sulfide) groups is 1. The monoisotopic (exact) mass is 379 g/mol. The minimum absolute atomic E-state index is 0.0397. The van der Waals surface area contributed by atoms with Gasteiger partial charge >= 0.3 is 0 Å². The lowest BCUT2D eigenvalue weighted by Gasteiger charge is -2.42. The molecular weight excluding hydrogens is 349 g/mol. The standard InChI is InChI=1S/C20H30FN3OS/c1-19(2)15-24(10-13-26-19)18(22-3)23-14-20(8-11-25-12-9-20)16-4-6-17(21)7-5-16/h4-7H,8-15H2,1-3H3,(H,22,23). The lowest BCUT2D eigenvalue weighted by atomic mass is 9.74. The Morgan fingerprint density at radius 2 is 1.96 bits per heavy atom.